The molecule has 10 heteroatoms. The third-order valence-electron chi connectivity index (χ3n) is 6.19. The minimum atomic E-state index is -3.80. The highest BCUT2D eigenvalue weighted by atomic mass is 35.5. The van der Waals surface area contributed by atoms with Crippen molar-refractivity contribution in [1.82, 2.24) is 10.2 Å². The lowest BCUT2D eigenvalue weighted by Gasteiger charge is -2.32. The van der Waals surface area contributed by atoms with Gasteiger partial charge in [-0.2, -0.15) is 0 Å². The van der Waals surface area contributed by atoms with Gasteiger partial charge in [0.2, 0.25) is 21.8 Å². The number of anilines is 1. The molecular weight excluding hydrogens is 541 g/mol. The molecule has 0 fully saturated rings. The molecule has 0 bridgehead atoms. The van der Waals surface area contributed by atoms with Gasteiger partial charge in [-0.15, -0.1) is 0 Å². The molecule has 3 aromatic rings. The molecule has 2 amide bonds. The Hall–Kier alpha value is -3.43. The number of halogens is 2. The van der Waals surface area contributed by atoms with Gasteiger partial charge in [0.1, 0.15) is 11.9 Å². The number of carbonyl (C=O) groups excluding carboxylic acids is 2. The number of rotatable bonds is 13. The first-order valence-electron chi connectivity index (χ1n) is 12.7. The van der Waals surface area contributed by atoms with Crippen molar-refractivity contribution < 1.29 is 22.4 Å². The fraction of sp³-hybridized carbons (Fsp3) is 0.310. The van der Waals surface area contributed by atoms with Gasteiger partial charge in [-0.3, -0.25) is 13.9 Å². The molecule has 1 N–H and O–H groups in total. The zero-order valence-corrected chi connectivity index (χ0v) is 23.6. The van der Waals surface area contributed by atoms with Crippen LogP contribution in [0.25, 0.3) is 0 Å². The minimum absolute atomic E-state index is 0.0599. The third kappa shape index (κ3) is 8.53. The van der Waals surface area contributed by atoms with Crippen LogP contribution in [0.4, 0.5) is 10.1 Å². The van der Waals surface area contributed by atoms with Crippen LogP contribution in [-0.4, -0.2) is 50.5 Å². The summed E-state index contributed by atoms with van der Waals surface area (Å²) >= 11 is 6.41. The molecule has 0 aliphatic rings. The molecule has 0 aliphatic carbocycles. The van der Waals surface area contributed by atoms with E-state index in [4.69, 9.17) is 11.6 Å². The van der Waals surface area contributed by atoms with Crippen molar-refractivity contribution in [2.75, 3.05) is 23.7 Å². The van der Waals surface area contributed by atoms with E-state index >= 15 is 0 Å². The maximum Gasteiger partial charge on any atom is 0.243 e. The average Bonchev–Trinajstić information content (AvgIpc) is 2.90. The van der Waals surface area contributed by atoms with Crippen LogP contribution in [0.15, 0.2) is 78.9 Å². The van der Waals surface area contributed by atoms with E-state index < -0.39 is 21.9 Å². The van der Waals surface area contributed by atoms with Gasteiger partial charge in [-0.1, -0.05) is 72.3 Å². The van der Waals surface area contributed by atoms with Gasteiger partial charge in [0, 0.05) is 37.5 Å². The molecular formula is C29H33ClFN3O4S. The first-order chi connectivity index (χ1) is 18.6. The monoisotopic (exact) mass is 573 g/mol. The van der Waals surface area contributed by atoms with E-state index in [-0.39, 0.29) is 49.9 Å². The topological polar surface area (TPSA) is 86.8 Å². The quantitative estimate of drug-likeness (QED) is 0.318. The molecule has 3 aromatic carbocycles. The molecule has 208 valence electrons. The van der Waals surface area contributed by atoms with E-state index in [9.17, 15) is 22.4 Å². The van der Waals surface area contributed by atoms with E-state index in [1.807, 2.05) is 30.3 Å². The average molecular weight is 574 g/mol. The highest BCUT2D eigenvalue weighted by Gasteiger charge is 2.31. The summed E-state index contributed by atoms with van der Waals surface area (Å²) in [5.74, 6) is -1.32. The number of amides is 2. The molecule has 7 nitrogen and oxygen atoms in total. The van der Waals surface area contributed by atoms with Crippen molar-refractivity contribution >= 4 is 39.1 Å². The van der Waals surface area contributed by atoms with Gasteiger partial charge in [-0.05, 0) is 42.7 Å². The smallest absolute Gasteiger partial charge is 0.243 e. The van der Waals surface area contributed by atoms with Crippen molar-refractivity contribution in [1.29, 1.82) is 0 Å². The molecule has 0 spiro atoms. The number of nitrogens with one attached hydrogen (secondary N) is 1. The highest BCUT2D eigenvalue weighted by molar-refractivity contribution is 7.92. The standard InChI is InChI=1S/C29H33ClFN3O4S/c1-3-32-29(36)27(20-22-12-5-4-6-13-22)33(21-23-14-7-8-15-24(23)30)28(35)18-11-19-34(39(2,37)38)26-17-10-9-16-25(26)31/h4-10,12-17,27H,3,11,18-21H2,1-2H3,(H,32,36). The van der Waals surface area contributed by atoms with E-state index in [1.165, 1.54) is 23.1 Å². The summed E-state index contributed by atoms with van der Waals surface area (Å²) in [7, 11) is -3.80. The zero-order valence-electron chi connectivity index (χ0n) is 22.0. The highest BCUT2D eigenvalue weighted by Crippen LogP contribution is 2.24. The predicted molar refractivity (Wildman–Crippen MR) is 152 cm³/mol. The Labute approximate surface area is 234 Å². The Balaban J connectivity index is 1.88. The maximum atomic E-state index is 14.4. The summed E-state index contributed by atoms with van der Waals surface area (Å²) in [5, 5.41) is 3.29. The lowest BCUT2D eigenvalue weighted by Crippen LogP contribution is -2.50. The third-order valence-corrected chi connectivity index (χ3v) is 7.74. The minimum Gasteiger partial charge on any atom is -0.355 e. The summed E-state index contributed by atoms with van der Waals surface area (Å²) in [6.45, 7) is 2.19. The Bertz CT molecular complexity index is 1370. The van der Waals surface area contributed by atoms with Crippen LogP contribution in [0, 0.1) is 5.82 Å². The van der Waals surface area contributed by atoms with Crippen LogP contribution in [-0.2, 0) is 32.6 Å². The molecule has 0 saturated carbocycles. The van der Waals surface area contributed by atoms with E-state index in [2.05, 4.69) is 5.32 Å². The van der Waals surface area contributed by atoms with E-state index in [1.54, 1.807) is 37.3 Å². The van der Waals surface area contributed by atoms with Crippen LogP contribution in [0.3, 0.4) is 0 Å². The van der Waals surface area contributed by atoms with Gasteiger partial charge in [0.15, 0.2) is 0 Å². The van der Waals surface area contributed by atoms with Crippen LogP contribution < -0.4 is 9.62 Å². The summed E-state index contributed by atoms with van der Waals surface area (Å²) in [6, 6.07) is 21.3. The number of carbonyl (C=O) groups is 2. The molecule has 1 atom stereocenters. The Morgan fingerprint density at radius 1 is 0.974 bits per heavy atom. The van der Waals surface area contributed by atoms with Crippen LogP contribution in [0.2, 0.25) is 5.02 Å². The first kappa shape index (κ1) is 30.1. The number of sulfonamides is 1. The molecule has 0 saturated heterocycles. The fourth-order valence-electron chi connectivity index (χ4n) is 4.29. The van der Waals surface area contributed by atoms with Crippen LogP contribution in [0.1, 0.15) is 30.9 Å². The van der Waals surface area contributed by atoms with Gasteiger partial charge >= 0.3 is 0 Å². The van der Waals surface area contributed by atoms with Crippen LogP contribution in [0.5, 0.6) is 0 Å². The summed E-state index contributed by atoms with van der Waals surface area (Å²) in [5.41, 5.74) is 1.48. The van der Waals surface area contributed by atoms with Gasteiger partial charge in [0.05, 0.1) is 11.9 Å². The molecule has 0 radical (unpaired) electrons. The SMILES string of the molecule is CCNC(=O)C(Cc1ccccc1)N(Cc1ccccc1Cl)C(=O)CCCN(c1ccccc1F)S(C)(=O)=O. The Morgan fingerprint density at radius 2 is 1.62 bits per heavy atom. The van der Waals surface area contributed by atoms with E-state index in [0.29, 0.717) is 17.1 Å². The van der Waals surface area contributed by atoms with E-state index in [0.717, 1.165) is 16.1 Å². The van der Waals surface area contributed by atoms with Crippen molar-refractivity contribution in [2.24, 2.45) is 0 Å². The Kier molecular flexibility index (Phi) is 10.9. The summed E-state index contributed by atoms with van der Waals surface area (Å²) in [4.78, 5) is 28.4. The molecule has 0 heterocycles. The largest absolute Gasteiger partial charge is 0.355 e. The summed E-state index contributed by atoms with van der Waals surface area (Å²) < 4.78 is 40.2. The zero-order chi connectivity index (χ0) is 28.4. The summed E-state index contributed by atoms with van der Waals surface area (Å²) in [6.07, 6.45) is 1.34. The fourth-order valence-corrected chi connectivity index (χ4v) is 5.45. The first-order valence-corrected chi connectivity index (χ1v) is 14.9. The number of hydrogen-bond donors (Lipinski definition) is 1. The van der Waals surface area contributed by atoms with Crippen molar-refractivity contribution in [3.63, 3.8) is 0 Å². The number of hydrogen-bond acceptors (Lipinski definition) is 4. The number of nitrogens with zero attached hydrogens (tertiary/aromatic N) is 2. The lowest BCUT2D eigenvalue weighted by atomic mass is 10.0. The number of likely N-dealkylation sites (N-methyl/N-ethyl adjacent to an activating group) is 1. The van der Waals surface area contributed by atoms with Gasteiger partial charge in [-0.25, -0.2) is 12.8 Å². The second kappa shape index (κ2) is 14.1. The molecule has 0 aromatic heterocycles. The number of benzene rings is 3. The molecule has 39 heavy (non-hydrogen) atoms. The van der Waals surface area contributed by atoms with Crippen LogP contribution >= 0.6 is 11.6 Å². The van der Waals surface area contributed by atoms with Crippen molar-refractivity contribution in [3.05, 3.63) is 101 Å². The van der Waals surface area contributed by atoms with Crippen molar-refractivity contribution in [2.45, 2.75) is 38.8 Å². The molecule has 3 rings (SSSR count). The molecule has 1 unspecified atom stereocenters. The Morgan fingerprint density at radius 3 is 2.26 bits per heavy atom. The number of para-hydroxylation sites is 1. The predicted octanol–water partition coefficient (Wildman–Crippen LogP) is 4.80. The second-order valence-corrected chi connectivity index (χ2v) is 11.4. The lowest BCUT2D eigenvalue weighted by molar-refractivity contribution is -0.141. The molecule has 0 aliphatic heterocycles. The maximum absolute atomic E-state index is 14.4. The second-order valence-electron chi connectivity index (χ2n) is 9.10. The van der Waals surface area contributed by atoms with Crippen molar-refractivity contribution in [3.8, 4) is 0 Å². The van der Waals surface area contributed by atoms with Gasteiger partial charge < -0.3 is 10.2 Å². The van der Waals surface area contributed by atoms with Gasteiger partial charge in [0.25, 0.3) is 0 Å². The normalized spacial score (nSPS) is 12.0.